The van der Waals surface area contributed by atoms with Crippen molar-refractivity contribution < 1.29 is 18.4 Å². The molecule has 25 heavy (non-hydrogen) atoms. The molecule has 1 saturated heterocycles. The molecule has 1 aromatic carbocycles. The van der Waals surface area contributed by atoms with Crippen molar-refractivity contribution in [3.63, 3.8) is 0 Å². The first-order valence-electron chi connectivity index (χ1n) is 8.40. The Labute approximate surface area is 146 Å². The van der Waals surface area contributed by atoms with Gasteiger partial charge in [-0.1, -0.05) is 19.1 Å². The number of halogens is 1. The average molecular weight is 344 g/mol. The smallest absolute Gasteiger partial charge is 0.289 e. The molecule has 0 bridgehead atoms. The van der Waals surface area contributed by atoms with E-state index in [0.29, 0.717) is 38.4 Å². The molecule has 6 heteroatoms. The van der Waals surface area contributed by atoms with Crippen LogP contribution in [0.2, 0.25) is 0 Å². The maximum Gasteiger partial charge on any atom is 0.289 e. The summed E-state index contributed by atoms with van der Waals surface area (Å²) in [5, 5.41) is 0. The molecule has 0 N–H and O–H groups in total. The van der Waals surface area contributed by atoms with Crippen LogP contribution in [0.25, 0.3) is 0 Å². The van der Waals surface area contributed by atoms with E-state index in [1.165, 1.54) is 18.4 Å². The summed E-state index contributed by atoms with van der Waals surface area (Å²) in [6, 6.07) is 9.56. The van der Waals surface area contributed by atoms with Crippen molar-refractivity contribution in [2.24, 2.45) is 5.92 Å². The van der Waals surface area contributed by atoms with E-state index in [2.05, 4.69) is 0 Å². The first kappa shape index (κ1) is 17.2. The molecule has 2 amide bonds. The molecule has 0 spiro atoms. The van der Waals surface area contributed by atoms with Crippen LogP contribution >= 0.6 is 0 Å². The van der Waals surface area contributed by atoms with Crippen molar-refractivity contribution in [3.05, 3.63) is 59.8 Å². The summed E-state index contributed by atoms with van der Waals surface area (Å²) in [6.45, 7) is 3.90. The maximum atomic E-state index is 13.0. The number of hydrogen-bond donors (Lipinski definition) is 0. The van der Waals surface area contributed by atoms with Gasteiger partial charge in [0.2, 0.25) is 5.91 Å². The van der Waals surface area contributed by atoms with Gasteiger partial charge in [0.15, 0.2) is 5.76 Å². The van der Waals surface area contributed by atoms with Gasteiger partial charge in [0.1, 0.15) is 5.82 Å². The van der Waals surface area contributed by atoms with E-state index >= 15 is 0 Å². The lowest BCUT2D eigenvalue weighted by atomic mass is 9.99. The normalized spacial score (nSPS) is 15.9. The van der Waals surface area contributed by atoms with Crippen LogP contribution in [0.15, 0.2) is 47.1 Å². The molecule has 0 aliphatic carbocycles. The molecule has 1 unspecified atom stereocenters. The summed E-state index contributed by atoms with van der Waals surface area (Å²) in [4.78, 5) is 28.3. The highest BCUT2D eigenvalue weighted by molar-refractivity contribution is 5.91. The highest BCUT2D eigenvalue weighted by atomic mass is 19.1. The number of furan rings is 1. The number of carbonyl (C=O) groups excluding carboxylic acids is 2. The van der Waals surface area contributed by atoms with Gasteiger partial charge in [-0.2, -0.15) is 0 Å². The minimum Gasteiger partial charge on any atom is -0.459 e. The molecule has 0 saturated carbocycles. The van der Waals surface area contributed by atoms with Crippen molar-refractivity contribution in [1.82, 2.24) is 9.80 Å². The summed E-state index contributed by atoms with van der Waals surface area (Å²) in [5.74, 6) is -0.215. The molecule has 2 heterocycles. The monoisotopic (exact) mass is 344 g/mol. The fourth-order valence-electron chi connectivity index (χ4n) is 3.06. The van der Waals surface area contributed by atoms with Crippen molar-refractivity contribution >= 4 is 11.8 Å². The van der Waals surface area contributed by atoms with Gasteiger partial charge in [-0.05, 0) is 36.2 Å². The van der Waals surface area contributed by atoms with Crippen LogP contribution < -0.4 is 0 Å². The minimum atomic E-state index is -0.278. The van der Waals surface area contributed by atoms with Crippen molar-refractivity contribution in [2.75, 3.05) is 26.2 Å². The lowest BCUT2D eigenvalue weighted by Gasteiger charge is -2.35. The van der Waals surface area contributed by atoms with E-state index in [4.69, 9.17) is 4.42 Å². The Morgan fingerprint density at radius 3 is 2.32 bits per heavy atom. The van der Waals surface area contributed by atoms with Gasteiger partial charge in [0.25, 0.3) is 5.91 Å². The lowest BCUT2D eigenvalue weighted by molar-refractivity contribution is -0.136. The summed E-state index contributed by atoms with van der Waals surface area (Å²) in [6.07, 6.45) is 2.05. The highest BCUT2D eigenvalue weighted by Gasteiger charge is 2.28. The first-order valence-corrected chi connectivity index (χ1v) is 8.40. The summed E-state index contributed by atoms with van der Waals surface area (Å²) in [5.41, 5.74) is 0.939. The SMILES string of the molecule is CC(Cc1ccc(F)cc1)C(=O)N1CCN(C(=O)c2ccco2)CC1. The number of hydrogen-bond acceptors (Lipinski definition) is 3. The second kappa shape index (κ2) is 7.51. The minimum absolute atomic E-state index is 0.0643. The second-order valence-electron chi connectivity index (χ2n) is 6.33. The molecule has 1 aliphatic rings. The van der Waals surface area contributed by atoms with Gasteiger partial charge in [-0.3, -0.25) is 9.59 Å². The average Bonchev–Trinajstić information content (AvgIpc) is 3.17. The van der Waals surface area contributed by atoms with Gasteiger partial charge in [-0.25, -0.2) is 4.39 Å². The van der Waals surface area contributed by atoms with Crippen molar-refractivity contribution in [2.45, 2.75) is 13.3 Å². The topological polar surface area (TPSA) is 53.8 Å². The molecular weight excluding hydrogens is 323 g/mol. The summed E-state index contributed by atoms with van der Waals surface area (Å²) in [7, 11) is 0. The molecular formula is C19H21FN2O3. The molecule has 1 aliphatic heterocycles. The third-order valence-electron chi connectivity index (χ3n) is 4.49. The molecule has 1 aromatic heterocycles. The van der Waals surface area contributed by atoms with E-state index in [0.717, 1.165) is 5.56 Å². The van der Waals surface area contributed by atoms with Gasteiger partial charge >= 0.3 is 0 Å². The van der Waals surface area contributed by atoms with E-state index < -0.39 is 0 Å². The largest absolute Gasteiger partial charge is 0.459 e. The molecule has 1 atom stereocenters. The van der Waals surface area contributed by atoms with Crippen molar-refractivity contribution in [1.29, 1.82) is 0 Å². The van der Waals surface area contributed by atoms with Gasteiger partial charge in [0, 0.05) is 32.1 Å². The highest BCUT2D eigenvalue weighted by Crippen LogP contribution is 2.15. The standard InChI is InChI=1S/C19H21FN2O3/c1-14(13-15-4-6-16(20)7-5-15)18(23)21-8-10-22(11-9-21)19(24)17-3-2-12-25-17/h2-7,12,14H,8-11,13H2,1H3. The number of amides is 2. The zero-order chi connectivity index (χ0) is 17.8. The molecule has 132 valence electrons. The van der Waals surface area contributed by atoms with E-state index in [9.17, 15) is 14.0 Å². The molecule has 2 aromatic rings. The molecule has 0 radical (unpaired) electrons. The molecule has 3 rings (SSSR count). The van der Waals surface area contributed by atoms with Crippen LogP contribution in [0.3, 0.4) is 0 Å². The first-order chi connectivity index (χ1) is 12.0. The molecule has 1 fully saturated rings. The van der Waals surface area contributed by atoms with E-state index in [1.807, 2.05) is 6.92 Å². The Bertz CT molecular complexity index is 720. The van der Waals surface area contributed by atoms with Crippen LogP contribution in [-0.4, -0.2) is 47.8 Å². The second-order valence-corrected chi connectivity index (χ2v) is 6.33. The van der Waals surface area contributed by atoms with Crippen LogP contribution in [0, 0.1) is 11.7 Å². The number of nitrogens with zero attached hydrogens (tertiary/aromatic N) is 2. The number of piperazine rings is 1. The summed E-state index contributed by atoms with van der Waals surface area (Å²) >= 11 is 0. The Balaban J connectivity index is 1.52. The van der Waals surface area contributed by atoms with Crippen molar-refractivity contribution in [3.8, 4) is 0 Å². The van der Waals surface area contributed by atoms with E-state index in [-0.39, 0.29) is 23.5 Å². The zero-order valence-electron chi connectivity index (χ0n) is 14.2. The lowest BCUT2D eigenvalue weighted by Crippen LogP contribution is -2.51. The van der Waals surface area contributed by atoms with E-state index in [1.54, 1.807) is 34.1 Å². The predicted molar refractivity (Wildman–Crippen MR) is 90.5 cm³/mol. The third kappa shape index (κ3) is 4.07. The van der Waals surface area contributed by atoms with Crippen LogP contribution in [0.4, 0.5) is 4.39 Å². The Morgan fingerprint density at radius 1 is 1.08 bits per heavy atom. The fourth-order valence-corrected chi connectivity index (χ4v) is 3.06. The number of rotatable bonds is 4. The predicted octanol–water partition coefficient (Wildman–Crippen LogP) is 2.58. The summed E-state index contributed by atoms with van der Waals surface area (Å²) < 4.78 is 18.1. The van der Waals surface area contributed by atoms with Gasteiger partial charge < -0.3 is 14.2 Å². The van der Waals surface area contributed by atoms with Crippen LogP contribution in [-0.2, 0) is 11.2 Å². The zero-order valence-corrected chi connectivity index (χ0v) is 14.2. The van der Waals surface area contributed by atoms with Crippen LogP contribution in [0.5, 0.6) is 0 Å². The Morgan fingerprint density at radius 2 is 1.72 bits per heavy atom. The van der Waals surface area contributed by atoms with Gasteiger partial charge in [-0.15, -0.1) is 0 Å². The number of benzene rings is 1. The number of carbonyl (C=O) groups is 2. The Hall–Kier alpha value is -2.63. The van der Waals surface area contributed by atoms with Crippen LogP contribution in [0.1, 0.15) is 23.0 Å². The molecule has 5 nitrogen and oxygen atoms in total. The van der Waals surface area contributed by atoms with Gasteiger partial charge in [0.05, 0.1) is 6.26 Å². The maximum absolute atomic E-state index is 13.0. The third-order valence-corrected chi connectivity index (χ3v) is 4.49. The fraction of sp³-hybridized carbons (Fsp3) is 0.368. The Kier molecular flexibility index (Phi) is 5.16. The quantitative estimate of drug-likeness (QED) is 0.857.